The third-order valence-electron chi connectivity index (χ3n) is 3.72. The second kappa shape index (κ2) is 5.11. The van der Waals surface area contributed by atoms with E-state index < -0.39 is 0 Å². The van der Waals surface area contributed by atoms with Crippen LogP contribution in [-0.2, 0) is 6.54 Å². The number of carbonyl (C=O) groups is 1. The number of amides is 1. The Bertz CT molecular complexity index is 616. The molecule has 1 saturated heterocycles. The molecule has 2 aromatic heterocycles. The Hall–Kier alpha value is -2.11. The van der Waals surface area contributed by atoms with Crippen LogP contribution in [0.4, 0.5) is 0 Å². The zero-order chi connectivity index (χ0) is 14.1. The van der Waals surface area contributed by atoms with E-state index in [2.05, 4.69) is 10.3 Å². The van der Waals surface area contributed by atoms with Crippen molar-refractivity contribution >= 4 is 5.91 Å². The van der Waals surface area contributed by atoms with Crippen molar-refractivity contribution in [3.63, 3.8) is 0 Å². The first-order chi connectivity index (χ1) is 9.70. The molecule has 1 amide bonds. The van der Waals surface area contributed by atoms with Crippen LogP contribution < -0.4 is 0 Å². The van der Waals surface area contributed by atoms with Gasteiger partial charge in [-0.25, -0.2) is 0 Å². The molecule has 0 saturated carbocycles. The topological polar surface area (TPSA) is 64.2 Å². The molecule has 6 heteroatoms. The van der Waals surface area contributed by atoms with E-state index in [0.717, 1.165) is 30.8 Å². The lowest BCUT2D eigenvalue weighted by Gasteiger charge is -2.22. The second-order valence-corrected chi connectivity index (χ2v) is 5.06. The van der Waals surface area contributed by atoms with Crippen LogP contribution in [0.15, 0.2) is 22.9 Å². The quantitative estimate of drug-likeness (QED) is 0.860. The molecule has 0 spiro atoms. The highest BCUT2D eigenvalue weighted by atomic mass is 16.5. The molecule has 3 heterocycles. The summed E-state index contributed by atoms with van der Waals surface area (Å²) in [7, 11) is 0. The van der Waals surface area contributed by atoms with Gasteiger partial charge in [0.1, 0.15) is 5.69 Å². The Morgan fingerprint density at radius 1 is 1.55 bits per heavy atom. The Morgan fingerprint density at radius 3 is 3.10 bits per heavy atom. The maximum absolute atomic E-state index is 12.7. The van der Waals surface area contributed by atoms with E-state index in [4.69, 9.17) is 4.52 Å². The summed E-state index contributed by atoms with van der Waals surface area (Å²) in [5.74, 6) is 0.789. The van der Waals surface area contributed by atoms with E-state index >= 15 is 0 Å². The summed E-state index contributed by atoms with van der Waals surface area (Å²) in [5, 5.41) is 8.08. The fraction of sp³-hybridized carbons (Fsp3) is 0.500. The Balaban J connectivity index is 1.87. The zero-order valence-corrected chi connectivity index (χ0v) is 11.7. The summed E-state index contributed by atoms with van der Waals surface area (Å²) < 4.78 is 7.06. The Labute approximate surface area is 117 Å². The summed E-state index contributed by atoms with van der Waals surface area (Å²) in [6.07, 6.45) is 3.57. The smallest absolute Gasteiger partial charge is 0.272 e. The molecule has 1 atom stereocenters. The largest absolute Gasteiger partial charge is 0.359 e. The minimum absolute atomic E-state index is 0.0103. The summed E-state index contributed by atoms with van der Waals surface area (Å²) in [6.45, 7) is 5.30. The van der Waals surface area contributed by atoms with E-state index in [9.17, 15) is 4.79 Å². The van der Waals surface area contributed by atoms with Crippen LogP contribution in [0.2, 0.25) is 0 Å². The molecular formula is C14H18N4O2. The van der Waals surface area contributed by atoms with Crippen molar-refractivity contribution in [2.24, 2.45) is 0 Å². The van der Waals surface area contributed by atoms with Crippen molar-refractivity contribution < 1.29 is 9.32 Å². The predicted molar refractivity (Wildman–Crippen MR) is 72.2 cm³/mol. The van der Waals surface area contributed by atoms with Crippen LogP contribution in [0.3, 0.4) is 0 Å². The maximum Gasteiger partial charge on any atom is 0.272 e. The number of rotatable bonds is 3. The van der Waals surface area contributed by atoms with E-state index in [1.165, 1.54) is 0 Å². The Morgan fingerprint density at radius 2 is 2.40 bits per heavy atom. The number of nitrogens with zero attached hydrogens (tertiary/aromatic N) is 4. The van der Waals surface area contributed by atoms with Crippen LogP contribution in [0.5, 0.6) is 0 Å². The van der Waals surface area contributed by atoms with Gasteiger partial charge in [0, 0.05) is 25.4 Å². The molecule has 1 aliphatic rings. The maximum atomic E-state index is 12.7. The molecular weight excluding hydrogens is 256 g/mol. The van der Waals surface area contributed by atoms with Gasteiger partial charge in [0.2, 0.25) is 0 Å². The van der Waals surface area contributed by atoms with Gasteiger partial charge in [0.25, 0.3) is 5.91 Å². The van der Waals surface area contributed by atoms with E-state index in [0.29, 0.717) is 12.2 Å². The molecule has 0 aromatic carbocycles. The highest BCUT2D eigenvalue weighted by molar-refractivity contribution is 5.93. The van der Waals surface area contributed by atoms with Crippen LogP contribution >= 0.6 is 0 Å². The van der Waals surface area contributed by atoms with Gasteiger partial charge in [0.05, 0.1) is 11.7 Å². The molecule has 0 radical (unpaired) electrons. The Kier molecular flexibility index (Phi) is 3.30. The number of carbonyl (C=O) groups excluding carboxylic acids is 1. The molecule has 6 nitrogen and oxygen atoms in total. The summed E-state index contributed by atoms with van der Waals surface area (Å²) >= 11 is 0. The third kappa shape index (κ3) is 2.11. The molecule has 3 rings (SSSR count). The lowest BCUT2D eigenvalue weighted by molar-refractivity contribution is 0.0702. The average molecular weight is 274 g/mol. The van der Waals surface area contributed by atoms with Gasteiger partial charge in [-0.05, 0) is 32.8 Å². The molecule has 0 bridgehead atoms. The number of aryl methyl sites for hydroxylation is 2. The number of aromatic nitrogens is 3. The molecule has 106 valence electrons. The van der Waals surface area contributed by atoms with Gasteiger partial charge < -0.3 is 9.42 Å². The normalized spacial score (nSPS) is 18.7. The third-order valence-corrected chi connectivity index (χ3v) is 3.72. The van der Waals surface area contributed by atoms with Crippen molar-refractivity contribution in [1.29, 1.82) is 0 Å². The monoisotopic (exact) mass is 274 g/mol. The molecule has 1 unspecified atom stereocenters. The van der Waals surface area contributed by atoms with E-state index in [1.54, 1.807) is 16.9 Å². The van der Waals surface area contributed by atoms with Crippen LogP contribution in [-0.4, -0.2) is 32.3 Å². The lowest BCUT2D eigenvalue weighted by Crippen LogP contribution is -2.32. The molecule has 1 fully saturated rings. The molecule has 0 aliphatic carbocycles. The summed E-state index contributed by atoms with van der Waals surface area (Å²) in [4.78, 5) is 14.5. The van der Waals surface area contributed by atoms with E-state index in [1.807, 2.05) is 24.8 Å². The molecule has 0 N–H and O–H groups in total. The summed E-state index contributed by atoms with van der Waals surface area (Å²) in [6, 6.07) is 3.67. The second-order valence-electron chi connectivity index (χ2n) is 5.06. The van der Waals surface area contributed by atoms with Crippen LogP contribution in [0, 0.1) is 6.92 Å². The van der Waals surface area contributed by atoms with Crippen molar-refractivity contribution in [2.45, 2.75) is 39.3 Å². The van der Waals surface area contributed by atoms with Crippen molar-refractivity contribution in [3.05, 3.63) is 35.5 Å². The first kappa shape index (κ1) is 12.9. The van der Waals surface area contributed by atoms with E-state index in [-0.39, 0.29) is 11.9 Å². The van der Waals surface area contributed by atoms with Crippen molar-refractivity contribution in [3.8, 4) is 0 Å². The minimum Gasteiger partial charge on any atom is -0.359 e. The highest BCUT2D eigenvalue weighted by Gasteiger charge is 2.34. The standard InChI is InChI=1S/C14H18N4O2/c1-3-18-12(6-7-15-18)14(19)17-8-4-5-11(17)13-9-10(2)16-20-13/h6-7,9,11H,3-5,8H2,1-2H3. The molecule has 20 heavy (non-hydrogen) atoms. The van der Waals surface area contributed by atoms with Gasteiger partial charge in [-0.3, -0.25) is 9.48 Å². The predicted octanol–water partition coefficient (Wildman–Crippen LogP) is 2.18. The van der Waals surface area contributed by atoms with Gasteiger partial charge in [-0.1, -0.05) is 5.16 Å². The highest BCUT2D eigenvalue weighted by Crippen LogP contribution is 2.33. The fourth-order valence-corrected chi connectivity index (χ4v) is 2.76. The minimum atomic E-state index is -0.0103. The van der Waals surface area contributed by atoms with Gasteiger partial charge in [0.15, 0.2) is 5.76 Å². The van der Waals surface area contributed by atoms with Crippen molar-refractivity contribution in [2.75, 3.05) is 6.54 Å². The van der Waals surface area contributed by atoms with Gasteiger partial charge in [-0.15, -0.1) is 0 Å². The number of likely N-dealkylation sites (tertiary alicyclic amines) is 1. The van der Waals surface area contributed by atoms with Gasteiger partial charge in [-0.2, -0.15) is 5.10 Å². The lowest BCUT2D eigenvalue weighted by atomic mass is 10.1. The van der Waals surface area contributed by atoms with Gasteiger partial charge >= 0.3 is 0 Å². The fourth-order valence-electron chi connectivity index (χ4n) is 2.76. The zero-order valence-electron chi connectivity index (χ0n) is 11.7. The first-order valence-corrected chi connectivity index (χ1v) is 6.96. The summed E-state index contributed by atoms with van der Waals surface area (Å²) in [5.41, 5.74) is 1.48. The van der Waals surface area contributed by atoms with Crippen molar-refractivity contribution in [1.82, 2.24) is 19.8 Å². The number of hydrogen-bond acceptors (Lipinski definition) is 4. The van der Waals surface area contributed by atoms with Crippen LogP contribution in [0.1, 0.15) is 47.7 Å². The molecule has 2 aromatic rings. The first-order valence-electron chi connectivity index (χ1n) is 6.96. The molecule has 1 aliphatic heterocycles. The average Bonchev–Trinajstić information content (AvgIpc) is 3.17. The number of hydrogen-bond donors (Lipinski definition) is 0. The SMILES string of the molecule is CCn1nccc1C(=O)N1CCCC1c1cc(C)no1. The van der Waals surface area contributed by atoms with Crippen LogP contribution in [0.25, 0.3) is 0 Å².